The maximum absolute atomic E-state index is 12.9. The first kappa shape index (κ1) is 15.7. The zero-order valence-electron chi connectivity index (χ0n) is 14.7. The zero-order chi connectivity index (χ0) is 17.4. The third-order valence-corrected chi connectivity index (χ3v) is 5.20. The molecule has 1 aromatic heterocycles. The van der Waals surface area contributed by atoms with Gasteiger partial charge in [0.05, 0.1) is 0 Å². The van der Waals surface area contributed by atoms with Gasteiger partial charge in [0.15, 0.2) is 0 Å². The summed E-state index contributed by atoms with van der Waals surface area (Å²) in [5.41, 5.74) is 6.83. The van der Waals surface area contributed by atoms with Crippen molar-refractivity contribution in [1.82, 2.24) is 9.88 Å². The number of nitrogens with one attached hydrogen (secondary N) is 1. The lowest BCUT2D eigenvalue weighted by molar-refractivity contribution is 0.0773. The number of aryl methyl sites for hydroxylation is 2. The summed E-state index contributed by atoms with van der Waals surface area (Å²) in [6.07, 6.45) is 3.08. The molecule has 3 nitrogen and oxygen atoms in total. The maximum Gasteiger partial charge on any atom is 0.254 e. The Labute approximate surface area is 148 Å². The molecule has 3 aromatic rings. The van der Waals surface area contributed by atoms with Crippen molar-refractivity contribution in [2.45, 2.75) is 20.3 Å². The Bertz CT molecular complexity index is 966. The van der Waals surface area contributed by atoms with E-state index in [9.17, 15) is 4.79 Å². The van der Waals surface area contributed by atoms with Crippen molar-refractivity contribution in [1.29, 1.82) is 0 Å². The first-order chi connectivity index (χ1) is 12.1. The van der Waals surface area contributed by atoms with E-state index in [1.54, 1.807) is 0 Å². The zero-order valence-corrected chi connectivity index (χ0v) is 14.7. The Morgan fingerprint density at radius 1 is 1.08 bits per heavy atom. The van der Waals surface area contributed by atoms with Crippen LogP contribution < -0.4 is 0 Å². The average molecular weight is 330 g/mol. The van der Waals surface area contributed by atoms with Crippen LogP contribution in [-0.2, 0) is 0 Å². The maximum atomic E-state index is 12.9. The molecule has 0 atom stereocenters. The van der Waals surface area contributed by atoms with Crippen molar-refractivity contribution < 1.29 is 4.79 Å². The van der Waals surface area contributed by atoms with Gasteiger partial charge in [0, 0.05) is 35.2 Å². The van der Waals surface area contributed by atoms with Crippen LogP contribution in [0.3, 0.4) is 0 Å². The topological polar surface area (TPSA) is 36.1 Å². The van der Waals surface area contributed by atoms with Crippen LogP contribution in [-0.4, -0.2) is 28.9 Å². The number of amides is 1. The molecule has 1 N–H and O–H groups in total. The van der Waals surface area contributed by atoms with Crippen molar-refractivity contribution in [3.05, 3.63) is 77.0 Å². The summed E-state index contributed by atoms with van der Waals surface area (Å²) in [6.45, 7) is 5.60. The summed E-state index contributed by atoms with van der Waals surface area (Å²) in [7, 11) is 0. The van der Waals surface area contributed by atoms with E-state index in [-0.39, 0.29) is 5.91 Å². The first-order valence-corrected chi connectivity index (χ1v) is 8.76. The SMILES string of the molecule is Cc1[nH]c2ccc(C(=O)N3CC=C(c4ccccc4)CC3)cc2c1C. The molecular weight excluding hydrogens is 308 g/mol. The number of fused-ring (bicyclic) bond motifs is 1. The van der Waals surface area contributed by atoms with Crippen molar-refractivity contribution in [2.75, 3.05) is 13.1 Å². The normalized spacial score (nSPS) is 14.6. The van der Waals surface area contributed by atoms with Crippen LogP contribution >= 0.6 is 0 Å². The summed E-state index contributed by atoms with van der Waals surface area (Å²) in [5, 5.41) is 1.14. The van der Waals surface area contributed by atoms with E-state index in [0.29, 0.717) is 6.54 Å². The molecule has 1 amide bonds. The summed E-state index contributed by atoms with van der Waals surface area (Å²) in [5.74, 6) is 0.114. The van der Waals surface area contributed by atoms with Gasteiger partial charge in [-0.1, -0.05) is 36.4 Å². The fraction of sp³-hybridized carbons (Fsp3) is 0.227. The van der Waals surface area contributed by atoms with E-state index in [1.165, 1.54) is 16.7 Å². The van der Waals surface area contributed by atoms with Crippen LogP contribution in [0.5, 0.6) is 0 Å². The Hall–Kier alpha value is -2.81. The number of aromatic nitrogens is 1. The fourth-order valence-corrected chi connectivity index (χ4v) is 3.54. The quantitative estimate of drug-likeness (QED) is 0.725. The predicted octanol–water partition coefficient (Wildman–Crippen LogP) is 4.71. The Morgan fingerprint density at radius 3 is 2.60 bits per heavy atom. The molecule has 0 unspecified atom stereocenters. The number of hydrogen-bond acceptors (Lipinski definition) is 1. The van der Waals surface area contributed by atoms with Gasteiger partial charge >= 0.3 is 0 Å². The van der Waals surface area contributed by atoms with Crippen LogP contribution in [0.4, 0.5) is 0 Å². The molecule has 25 heavy (non-hydrogen) atoms. The van der Waals surface area contributed by atoms with Gasteiger partial charge in [0.25, 0.3) is 5.91 Å². The lowest BCUT2D eigenvalue weighted by Crippen LogP contribution is -2.34. The molecule has 0 saturated heterocycles. The van der Waals surface area contributed by atoms with Gasteiger partial charge in [-0.05, 0) is 55.2 Å². The van der Waals surface area contributed by atoms with Crippen LogP contribution in [0, 0.1) is 13.8 Å². The highest BCUT2D eigenvalue weighted by Crippen LogP contribution is 2.25. The molecule has 4 rings (SSSR count). The van der Waals surface area contributed by atoms with E-state index in [4.69, 9.17) is 0 Å². The number of nitrogens with zero attached hydrogens (tertiary/aromatic N) is 1. The van der Waals surface area contributed by atoms with E-state index >= 15 is 0 Å². The minimum atomic E-state index is 0.114. The van der Waals surface area contributed by atoms with Crippen LogP contribution in [0.15, 0.2) is 54.6 Å². The summed E-state index contributed by atoms with van der Waals surface area (Å²) in [6, 6.07) is 16.4. The van der Waals surface area contributed by atoms with Crippen LogP contribution in [0.2, 0.25) is 0 Å². The van der Waals surface area contributed by atoms with E-state index in [0.717, 1.165) is 35.1 Å². The van der Waals surface area contributed by atoms with Crippen molar-refractivity contribution in [2.24, 2.45) is 0 Å². The Balaban J connectivity index is 1.56. The standard InChI is InChI=1S/C22H22N2O/c1-15-16(2)23-21-9-8-19(14-20(15)21)22(25)24-12-10-18(11-13-24)17-6-4-3-5-7-17/h3-10,14,23H,11-13H2,1-2H3. The second-order valence-corrected chi connectivity index (χ2v) is 6.73. The number of hydrogen-bond donors (Lipinski definition) is 1. The van der Waals surface area contributed by atoms with E-state index in [1.807, 2.05) is 29.2 Å². The lowest BCUT2D eigenvalue weighted by atomic mass is 9.99. The number of benzene rings is 2. The molecule has 0 fully saturated rings. The molecule has 0 aliphatic carbocycles. The molecule has 0 radical (unpaired) electrons. The Kier molecular flexibility index (Phi) is 3.92. The minimum absolute atomic E-state index is 0.114. The molecule has 0 saturated carbocycles. The average Bonchev–Trinajstić information content (AvgIpc) is 2.95. The second-order valence-electron chi connectivity index (χ2n) is 6.73. The number of aromatic amines is 1. The van der Waals surface area contributed by atoms with Crippen LogP contribution in [0.25, 0.3) is 16.5 Å². The highest BCUT2D eigenvalue weighted by Gasteiger charge is 2.20. The predicted molar refractivity (Wildman–Crippen MR) is 103 cm³/mol. The largest absolute Gasteiger partial charge is 0.358 e. The summed E-state index contributed by atoms with van der Waals surface area (Å²) < 4.78 is 0. The van der Waals surface area contributed by atoms with E-state index in [2.05, 4.69) is 49.2 Å². The monoisotopic (exact) mass is 330 g/mol. The molecule has 3 heteroatoms. The van der Waals surface area contributed by atoms with Crippen molar-refractivity contribution in [3.8, 4) is 0 Å². The molecule has 0 spiro atoms. The molecule has 1 aliphatic heterocycles. The number of carbonyl (C=O) groups excluding carboxylic acids is 1. The number of rotatable bonds is 2. The highest BCUT2D eigenvalue weighted by atomic mass is 16.2. The van der Waals surface area contributed by atoms with Gasteiger partial charge in [-0.2, -0.15) is 0 Å². The van der Waals surface area contributed by atoms with Gasteiger partial charge in [-0.15, -0.1) is 0 Å². The van der Waals surface area contributed by atoms with Crippen LogP contribution in [0.1, 0.15) is 33.6 Å². The van der Waals surface area contributed by atoms with Gasteiger partial charge in [-0.3, -0.25) is 4.79 Å². The van der Waals surface area contributed by atoms with Crippen molar-refractivity contribution in [3.63, 3.8) is 0 Å². The van der Waals surface area contributed by atoms with Gasteiger partial charge in [0.1, 0.15) is 0 Å². The minimum Gasteiger partial charge on any atom is -0.358 e. The molecule has 2 aromatic carbocycles. The molecule has 2 heterocycles. The number of carbonyl (C=O) groups is 1. The summed E-state index contributed by atoms with van der Waals surface area (Å²) in [4.78, 5) is 18.2. The molecule has 1 aliphatic rings. The highest BCUT2D eigenvalue weighted by molar-refractivity contribution is 5.99. The van der Waals surface area contributed by atoms with Gasteiger partial charge in [0.2, 0.25) is 0 Å². The third kappa shape index (κ3) is 2.86. The first-order valence-electron chi connectivity index (χ1n) is 8.76. The lowest BCUT2D eigenvalue weighted by Gasteiger charge is -2.27. The fourth-order valence-electron chi connectivity index (χ4n) is 3.54. The molecule has 126 valence electrons. The smallest absolute Gasteiger partial charge is 0.254 e. The Morgan fingerprint density at radius 2 is 1.88 bits per heavy atom. The van der Waals surface area contributed by atoms with Gasteiger partial charge < -0.3 is 9.88 Å². The number of H-pyrrole nitrogens is 1. The van der Waals surface area contributed by atoms with Gasteiger partial charge in [-0.25, -0.2) is 0 Å². The third-order valence-electron chi connectivity index (χ3n) is 5.20. The summed E-state index contributed by atoms with van der Waals surface area (Å²) >= 11 is 0. The molecule has 0 bridgehead atoms. The molecular formula is C22H22N2O. The van der Waals surface area contributed by atoms with E-state index < -0.39 is 0 Å². The van der Waals surface area contributed by atoms with Crippen molar-refractivity contribution >= 4 is 22.4 Å². The second kappa shape index (κ2) is 6.25.